The van der Waals surface area contributed by atoms with Crippen LogP contribution in [0.2, 0.25) is 0 Å². The second-order valence-corrected chi connectivity index (χ2v) is 8.15. The van der Waals surface area contributed by atoms with E-state index < -0.39 is 0 Å². The van der Waals surface area contributed by atoms with Crippen LogP contribution in [0.1, 0.15) is 30.6 Å². The van der Waals surface area contributed by atoms with E-state index in [0.717, 1.165) is 17.7 Å². The highest BCUT2D eigenvalue weighted by Crippen LogP contribution is 2.31. The lowest BCUT2D eigenvalue weighted by Crippen LogP contribution is -2.54. The second-order valence-electron chi connectivity index (χ2n) is 8.15. The number of rotatable bonds is 3. The molecule has 2 N–H and O–H groups in total. The summed E-state index contributed by atoms with van der Waals surface area (Å²) in [7, 11) is 0. The van der Waals surface area contributed by atoms with Gasteiger partial charge in [0, 0.05) is 30.9 Å². The van der Waals surface area contributed by atoms with Gasteiger partial charge >= 0.3 is 0 Å². The van der Waals surface area contributed by atoms with E-state index in [0.29, 0.717) is 24.3 Å². The molecule has 1 aliphatic heterocycles. The number of amides is 1. The van der Waals surface area contributed by atoms with Gasteiger partial charge in [-0.3, -0.25) is 4.79 Å². The van der Waals surface area contributed by atoms with Gasteiger partial charge < -0.3 is 10.6 Å². The zero-order valence-electron chi connectivity index (χ0n) is 16.8. The Labute approximate surface area is 177 Å². The first-order valence-corrected chi connectivity index (χ1v) is 9.71. The molecule has 5 nitrogen and oxygen atoms in total. The van der Waals surface area contributed by atoms with Gasteiger partial charge in [0.1, 0.15) is 5.69 Å². The summed E-state index contributed by atoms with van der Waals surface area (Å²) in [5.74, 6) is 0.0148. The molecule has 1 unspecified atom stereocenters. The predicted molar refractivity (Wildman–Crippen MR) is 119 cm³/mol. The number of halogens is 1. The number of piperidine rings is 1. The average Bonchev–Trinajstić information content (AvgIpc) is 3.16. The van der Waals surface area contributed by atoms with E-state index in [-0.39, 0.29) is 29.8 Å². The molecule has 1 aliphatic rings. The minimum atomic E-state index is -0.101. The lowest BCUT2D eigenvalue weighted by Gasteiger charge is -2.42. The average molecular weight is 411 g/mol. The fraction of sp³-hybridized carbons (Fsp3) is 0.304. The van der Waals surface area contributed by atoms with Crippen molar-refractivity contribution in [3.63, 3.8) is 0 Å². The number of carbonyl (C=O) groups is 1. The third-order valence-corrected chi connectivity index (χ3v) is 5.61. The fourth-order valence-corrected chi connectivity index (χ4v) is 3.77. The van der Waals surface area contributed by atoms with E-state index in [4.69, 9.17) is 10.8 Å². The standard InChI is InChI=1S/C23H26N4O.ClH/c1-23(2)16-26(14-13-20(23)24)22(28)19-15-27(18-11-7-4-8-12-18)25-21(19)17-9-5-3-6-10-17;/h3-12,15,20H,13-14,16,24H2,1-2H3;1H. The molecule has 1 atom stereocenters. The predicted octanol–water partition coefficient (Wildman–Crippen LogP) is 4.16. The zero-order valence-corrected chi connectivity index (χ0v) is 17.6. The summed E-state index contributed by atoms with van der Waals surface area (Å²) in [5.41, 5.74) is 9.36. The third kappa shape index (κ3) is 4.21. The molecule has 1 aromatic heterocycles. The number of nitrogens with zero attached hydrogens (tertiary/aromatic N) is 3. The Morgan fingerprint density at radius 3 is 2.31 bits per heavy atom. The highest BCUT2D eigenvalue weighted by Gasteiger charge is 2.36. The molecule has 2 heterocycles. The molecule has 0 aliphatic carbocycles. The summed E-state index contributed by atoms with van der Waals surface area (Å²) >= 11 is 0. The SMILES string of the molecule is CC1(C)CN(C(=O)c2cn(-c3ccccc3)nc2-c2ccccc2)CCC1N.Cl. The zero-order chi connectivity index (χ0) is 19.7. The lowest BCUT2D eigenvalue weighted by molar-refractivity contribution is 0.0533. The first kappa shape index (κ1) is 21.1. The van der Waals surface area contributed by atoms with E-state index in [1.807, 2.05) is 71.8 Å². The minimum Gasteiger partial charge on any atom is -0.338 e. The van der Waals surface area contributed by atoms with Crippen molar-refractivity contribution >= 4 is 18.3 Å². The van der Waals surface area contributed by atoms with Crippen LogP contribution < -0.4 is 5.73 Å². The molecule has 2 aromatic carbocycles. The number of likely N-dealkylation sites (tertiary alicyclic amines) is 1. The van der Waals surface area contributed by atoms with Gasteiger partial charge in [-0.1, -0.05) is 62.4 Å². The topological polar surface area (TPSA) is 64.2 Å². The minimum absolute atomic E-state index is 0. The Kier molecular flexibility index (Phi) is 6.10. The maximum atomic E-state index is 13.5. The van der Waals surface area contributed by atoms with Crippen LogP contribution in [0.25, 0.3) is 16.9 Å². The van der Waals surface area contributed by atoms with Crippen molar-refractivity contribution in [3.05, 3.63) is 72.4 Å². The van der Waals surface area contributed by atoms with Crippen LogP contribution in [0.5, 0.6) is 0 Å². The van der Waals surface area contributed by atoms with Gasteiger partial charge in [0.25, 0.3) is 5.91 Å². The summed E-state index contributed by atoms with van der Waals surface area (Å²) in [4.78, 5) is 15.4. The molecule has 1 saturated heterocycles. The molecule has 4 rings (SSSR count). The van der Waals surface area contributed by atoms with E-state index in [2.05, 4.69) is 13.8 Å². The smallest absolute Gasteiger partial charge is 0.257 e. The van der Waals surface area contributed by atoms with Gasteiger partial charge in [-0.05, 0) is 24.0 Å². The van der Waals surface area contributed by atoms with Crippen molar-refractivity contribution in [1.82, 2.24) is 14.7 Å². The van der Waals surface area contributed by atoms with E-state index in [9.17, 15) is 4.79 Å². The lowest BCUT2D eigenvalue weighted by atomic mass is 9.79. The summed E-state index contributed by atoms with van der Waals surface area (Å²) in [6.45, 7) is 5.58. The first-order chi connectivity index (χ1) is 13.5. The van der Waals surface area contributed by atoms with Gasteiger partial charge in [0.05, 0.1) is 11.3 Å². The number of nitrogens with two attached hydrogens (primary N) is 1. The summed E-state index contributed by atoms with van der Waals surface area (Å²) < 4.78 is 1.79. The molecule has 29 heavy (non-hydrogen) atoms. The molecular formula is C23H27ClN4O. The Morgan fingerprint density at radius 2 is 1.69 bits per heavy atom. The van der Waals surface area contributed by atoms with Gasteiger partial charge in [-0.25, -0.2) is 4.68 Å². The largest absolute Gasteiger partial charge is 0.338 e. The molecule has 0 spiro atoms. The molecule has 1 fully saturated rings. The van der Waals surface area contributed by atoms with Crippen LogP contribution in [0.4, 0.5) is 0 Å². The molecule has 0 saturated carbocycles. The van der Waals surface area contributed by atoms with Crippen LogP contribution in [0, 0.1) is 5.41 Å². The van der Waals surface area contributed by atoms with Crippen molar-refractivity contribution in [3.8, 4) is 16.9 Å². The van der Waals surface area contributed by atoms with Crippen molar-refractivity contribution in [1.29, 1.82) is 0 Å². The highest BCUT2D eigenvalue weighted by atomic mass is 35.5. The monoisotopic (exact) mass is 410 g/mol. The summed E-state index contributed by atoms with van der Waals surface area (Å²) in [5, 5.41) is 4.76. The normalized spacial score (nSPS) is 18.2. The number of aromatic nitrogens is 2. The maximum absolute atomic E-state index is 13.5. The Morgan fingerprint density at radius 1 is 1.07 bits per heavy atom. The Bertz CT molecular complexity index is 969. The van der Waals surface area contributed by atoms with Crippen molar-refractivity contribution in [2.24, 2.45) is 11.1 Å². The molecule has 0 radical (unpaired) electrons. The summed E-state index contributed by atoms with van der Waals surface area (Å²) in [6, 6.07) is 19.9. The van der Waals surface area contributed by atoms with Crippen LogP contribution in [-0.4, -0.2) is 39.7 Å². The van der Waals surface area contributed by atoms with Crippen LogP contribution >= 0.6 is 12.4 Å². The van der Waals surface area contributed by atoms with Gasteiger partial charge in [0.15, 0.2) is 0 Å². The molecule has 0 bridgehead atoms. The summed E-state index contributed by atoms with van der Waals surface area (Å²) in [6.07, 6.45) is 2.66. The fourth-order valence-electron chi connectivity index (χ4n) is 3.77. The van der Waals surface area contributed by atoms with E-state index in [1.54, 1.807) is 4.68 Å². The molecule has 6 heteroatoms. The van der Waals surface area contributed by atoms with E-state index >= 15 is 0 Å². The molecule has 1 amide bonds. The molecule has 3 aromatic rings. The number of benzene rings is 2. The Hall–Kier alpha value is -2.63. The number of hydrogen-bond donors (Lipinski definition) is 1. The van der Waals surface area contributed by atoms with Crippen LogP contribution in [-0.2, 0) is 0 Å². The highest BCUT2D eigenvalue weighted by molar-refractivity contribution is 6.00. The van der Waals surface area contributed by atoms with Crippen LogP contribution in [0.15, 0.2) is 66.9 Å². The number of carbonyl (C=O) groups excluding carboxylic acids is 1. The first-order valence-electron chi connectivity index (χ1n) is 9.71. The quantitative estimate of drug-likeness (QED) is 0.705. The number of hydrogen-bond acceptors (Lipinski definition) is 3. The van der Waals surface area contributed by atoms with Crippen molar-refractivity contribution < 1.29 is 4.79 Å². The Balaban J connectivity index is 0.00000240. The third-order valence-electron chi connectivity index (χ3n) is 5.61. The van der Waals surface area contributed by atoms with E-state index in [1.165, 1.54) is 0 Å². The van der Waals surface area contributed by atoms with Crippen molar-refractivity contribution in [2.75, 3.05) is 13.1 Å². The van der Waals surface area contributed by atoms with Crippen LogP contribution in [0.3, 0.4) is 0 Å². The maximum Gasteiger partial charge on any atom is 0.257 e. The van der Waals surface area contributed by atoms with Gasteiger partial charge in [-0.15, -0.1) is 12.4 Å². The molecular weight excluding hydrogens is 384 g/mol. The van der Waals surface area contributed by atoms with Gasteiger partial charge in [0.2, 0.25) is 0 Å². The van der Waals surface area contributed by atoms with Gasteiger partial charge in [-0.2, -0.15) is 5.10 Å². The number of para-hydroxylation sites is 1. The second kappa shape index (κ2) is 8.39. The molecule has 152 valence electrons. The van der Waals surface area contributed by atoms with Crippen molar-refractivity contribution in [2.45, 2.75) is 26.3 Å².